The predicted molar refractivity (Wildman–Crippen MR) is 123 cm³/mol. The van der Waals surface area contributed by atoms with Crippen molar-refractivity contribution in [3.63, 3.8) is 0 Å². The van der Waals surface area contributed by atoms with E-state index in [0.29, 0.717) is 32.4 Å². The molecule has 2 bridgehead atoms. The summed E-state index contributed by atoms with van der Waals surface area (Å²) in [6.45, 7) is 12.1. The van der Waals surface area contributed by atoms with E-state index < -0.39 is 41.6 Å². The molecular weight excluding hydrogens is 424 g/mol. The smallest absolute Gasteiger partial charge is 0.312 e. The largest absolute Gasteiger partial charge is 0.465 e. The van der Waals surface area contributed by atoms with Crippen LogP contribution in [0.15, 0.2) is 25.3 Å². The minimum atomic E-state index is -1.07. The number of unbranched alkanes of at least 4 members (excludes halogenated alkanes) is 2. The Morgan fingerprint density at radius 1 is 1.36 bits per heavy atom. The van der Waals surface area contributed by atoms with Gasteiger partial charge in [-0.05, 0) is 39.0 Å². The number of likely N-dealkylation sites (tertiary alicyclic amines) is 1. The fourth-order valence-electron chi connectivity index (χ4n) is 5.67. The second-order valence-electron chi connectivity index (χ2n) is 9.36. The van der Waals surface area contributed by atoms with Gasteiger partial charge in [-0.15, -0.1) is 13.2 Å². The third-order valence-electron chi connectivity index (χ3n) is 7.22. The molecule has 6 atom stereocenters. The molecule has 3 aliphatic heterocycles. The molecule has 0 radical (unpaired) electrons. The van der Waals surface area contributed by atoms with Crippen LogP contribution in [0.25, 0.3) is 0 Å². The van der Waals surface area contributed by atoms with E-state index >= 15 is 0 Å². The lowest BCUT2D eigenvalue weighted by Crippen LogP contribution is -2.58. The van der Waals surface area contributed by atoms with Gasteiger partial charge in [-0.25, -0.2) is 0 Å². The van der Waals surface area contributed by atoms with Crippen molar-refractivity contribution < 1.29 is 29.0 Å². The molecule has 8 heteroatoms. The Labute approximate surface area is 196 Å². The first kappa shape index (κ1) is 25.4. The van der Waals surface area contributed by atoms with Crippen molar-refractivity contribution in [1.82, 2.24) is 9.80 Å². The predicted octanol–water partition coefficient (Wildman–Crippen LogP) is 2.07. The average molecular weight is 463 g/mol. The maximum atomic E-state index is 13.9. The van der Waals surface area contributed by atoms with Crippen LogP contribution in [0.2, 0.25) is 0 Å². The number of aliphatic hydroxyl groups is 1. The number of aliphatic hydroxyl groups excluding tert-OH is 1. The number of fused-ring (bicyclic) bond motifs is 1. The van der Waals surface area contributed by atoms with Crippen molar-refractivity contribution >= 4 is 17.8 Å². The zero-order valence-electron chi connectivity index (χ0n) is 19.9. The van der Waals surface area contributed by atoms with Crippen LogP contribution in [-0.2, 0) is 23.9 Å². The highest BCUT2D eigenvalue weighted by atomic mass is 16.6. The molecule has 2 unspecified atom stereocenters. The second-order valence-corrected chi connectivity index (χ2v) is 9.36. The van der Waals surface area contributed by atoms with E-state index in [0.717, 1.165) is 19.3 Å². The number of allylic oxidation sites excluding steroid dienone is 1. The van der Waals surface area contributed by atoms with E-state index in [2.05, 4.69) is 20.1 Å². The van der Waals surface area contributed by atoms with E-state index in [1.807, 2.05) is 0 Å². The van der Waals surface area contributed by atoms with Crippen LogP contribution in [0.3, 0.4) is 0 Å². The number of esters is 1. The molecule has 0 aromatic carbocycles. The summed E-state index contributed by atoms with van der Waals surface area (Å²) >= 11 is 0. The number of hydrogen-bond donors (Lipinski definition) is 1. The van der Waals surface area contributed by atoms with Crippen LogP contribution in [0, 0.1) is 11.8 Å². The Hall–Kier alpha value is -2.19. The van der Waals surface area contributed by atoms with E-state index in [-0.39, 0.29) is 25.0 Å². The molecule has 3 heterocycles. The van der Waals surface area contributed by atoms with Crippen molar-refractivity contribution in [2.75, 3.05) is 26.3 Å². The monoisotopic (exact) mass is 462 g/mol. The van der Waals surface area contributed by atoms with E-state index in [1.54, 1.807) is 24.0 Å². The quantitative estimate of drug-likeness (QED) is 0.256. The Bertz CT molecular complexity index is 770. The lowest BCUT2D eigenvalue weighted by atomic mass is 9.70. The Morgan fingerprint density at radius 3 is 2.76 bits per heavy atom. The maximum absolute atomic E-state index is 13.9. The van der Waals surface area contributed by atoms with E-state index in [4.69, 9.17) is 9.47 Å². The molecule has 3 rings (SSSR count). The fourth-order valence-corrected chi connectivity index (χ4v) is 5.67. The van der Waals surface area contributed by atoms with Gasteiger partial charge in [0.25, 0.3) is 0 Å². The summed E-state index contributed by atoms with van der Waals surface area (Å²) in [6.07, 6.45) is 7.28. The van der Waals surface area contributed by atoms with Crippen molar-refractivity contribution in [2.24, 2.45) is 11.8 Å². The van der Waals surface area contributed by atoms with Gasteiger partial charge in [0.2, 0.25) is 11.8 Å². The van der Waals surface area contributed by atoms with E-state index in [1.165, 1.54) is 4.90 Å². The number of amides is 2. The van der Waals surface area contributed by atoms with Crippen molar-refractivity contribution in [1.29, 1.82) is 0 Å². The third kappa shape index (κ3) is 4.47. The minimum absolute atomic E-state index is 0.208. The molecule has 0 saturated carbocycles. The van der Waals surface area contributed by atoms with Gasteiger partial charge < -0.3 is 24.4 Å². The van der Waals surface area contributed by atoms with Gasteiger partial charge in [-0.1, -0.05) is 25.5 Å². The molecule has 1 N–H and O–H groups in total. The molecule has 184 valence electrons. The Morgan fingerprint density at radius 2 is 2.12 bits per heavy atom. The minimum Gasteiger partial charge on any atom is -0.465 e. The second kappa shape index (κ2) is 10.8. The van der Waals surface area contributed by atoms with Crippen LogP contribution < -0.4 is 0 Å². The SMILES string of the molecule is C=CCCCOC(=O)[C@@H]1[C@H]2C(=O)N([C@H](C)CO)C(C(=O)N(CC=C)CCCC)C23CC[C@H]1O3. The van der Waals surface area contributed by atoms with Gasteiger partial charge >= 0.3 is 5.97 Å². The highest BCUT2D eigenvalue weighted by molar-refractivity contribution is 5.98. The number of nitrogens with zero attached hydrogens (tertiary/aromatic N) is 2. The van der Waals surface area contributed by atoms with Gasteiger partial charge in [0.15, 0.2) is 0 Å². The third-order valence-corrected chi connectivity index (χ3v) is 7.22. The lowest BCUT2D eigenvalue weighted by Gasteiger charge is -2.38. The van der Waals surface area contributed by atoms with Gasteiger partial charge in [-0.2, -0.15) is 0 Å². The first-order valence-electron chi connectivity index (χ1n) is 12.2. The van der Waals surface area contributed by atoms with Crippen LogP contribution in [0.1, 0.15) is 52.4 Å². The zero-order chi connectivity index (χ0) is 24.2. The standard InChI is InChI=1S/C25H38N2O6/c1-5-8-10-15-32-24(31)19-18-11-12-25(33-18)20(19)22(29)27(17(4)16-28)21(25)23(30)26(13-7-3)14-9-6-2/h5,7,17-21,28H,1,3,6,8-16H2,2,4H3/t17-,18-,19+,20+,21?,25?/m1/s1. The molecule has 3 saturated heterocycles. The van der Waals surface area contributed by atoms with Gasteiger partial charge in [0.1, 0.15) is 11.6 Å². The summed E-state index contributed by atoms with van der Waals surface area (Å²) in [5.74, 6) is -2.46. The van der Waals surface area contributed by atoms with E-state index in [9.17, 15) is 19.5 Å². The van der Waals surface area contributed by atoms with Crippen molar-refractivity contribution in [3.8, 4) is 0 Å². The summed E-state index contributed by atoms with van der Waals surface area (Å²) in [5.41, 5.74) is -1.07. The number of carbonyl (C=O) groups excluding carboxylic acids is 3. The number of hydrogen-bond acceptors (Lipinski definition) is 6. The first-order chi connectivity index (χ1) is 15.9. The summed E-state index contributed by atoms with van der Waals surface area (Å²) in [4.78, 5) is 43.8. The topological polar surface area (TPSA) is 96.4 Å². The van der Waals surface area contributed by atoms with Gasteiger partial charge in [0.05, 0.1) is 37.2 Å². The molecule has 0 aromatic rings. The summed E-state index contributed by atoms with van der Waals surface area (Å²) in [6, 6.07) is -1.45. The highest BCUT2D eigenvalue weighted by Gasteiger charge is 2.75. The van der Waals surface area contributed by atoms with Gasteiger partial charge in [0, 0.05) is 13.1 Å². The summed E-state index contributed by atoms with van der Waals surface area (Å²) in [5, 5.41) is 9.89. The molecule has 33 heavy (non-hydrogen) atoms. The zero-order valence-corrected chi connectivity index (χ0v) is 19.9. The van der Waals surface area contributed by atoms with Gasteiger partial charge in [-0.3, -0.25) is 14.4 Å². The van der Waals surface area contributed by atoms with Crippen LogP contribution in [-0.4, -0.2) is 82.8 Å². The van der Waals surface area contributed by atoms with Crippen molar-refractivity contribution in [2.45, 2.75) is 76.2 Å². The number of ether oxygens (including phenoxy) is 2. The first-order valence-corrected chi connectivity index (χ1v) is 12.2. The molecule has 8 nitrogen and oxygen atoms in total. The molecule has 3 fully saturated rings. The average Bonchev–Trinajstić information content (AvgIpc) is 3.45. The van der Waals surface area contributed by atoms with Crippen LogP contribution in [0.5, 0.6) is 0 Å². The molecule has 1 spiro atoms. The maximum Gasteiger partial charge on any atom is 0.312 e. The molecule has 3 aliphatic rings. The number of rotatable bonds is 13. The highest BCUT2D eigenvalue weighted by Crippen LogP contribution is 2.59. The summed E-state index contributed by atoms with van der Waals surface area (Å²) in [7, 11) is 0. The normalized spacial score (nSPS) is 30.8. The fraction of sp³-hybridized carbons (Fsp3) is 0.720. The number of carbonyl (C=O) groups is 3. The molecule has 2 amide bonds. The summed E-state index contributed by atoms with van der Waals surface area (Å²) < 4.78 is 11.9. The molecule has 0 aromatic heterocycles. The molecule has 0 aliphatic carbocycles. The van der Waals surface area contributed by atoms with Crippen molar-refractivity contribution in [3.05, 3.63) is 25.3 Å². The Kier molecular flexibility index (Phi) is 8.34. The lowest BCUT2D eigenvalue weighted by molar-refractivity contribution is -0.156. The van der Waals surface area contributed by atoms with Crippen LogP contribution in [0.4, 0.5) is 0 Å². The Balaban J connectivity index is 1.93. The molecular formula is C25H38N2O6. The van der Waals surface area contributed by atoms with Crippen LogP contribution >= 0.6 is 0 Å².